The summed E-state index contributed by atoms with van der Waals surface area (Å²) in [5.74, 6) is -0.426. The van der Waals surface area contributed by atoms with Crippen LogP contribution in [0.5, 0.6) is 0 Å². The Balaban J connectivity index is 1.82. The van der Waals surface area contributed by atoms with Crippen LogP contribution in [0.25, 0.3) is 0 Å². The van der Waals surface area contributed by atoms with Crippen molar-refractivity contribution in [2.24, 2.45) is 0 Å². The number of aryl methyl sites for hydroxylation is 1. The van der Waals surface area contributed by atoms with E-state index in [1.54, 1.807) is 6.92 Å². The molecule has 0 aliphatic rings. The summed E-state index contributed by atoms with van der Waals surface area (Å²) in [6.07, 6.45) is 0. The molecule has 150 valence electrons. The summed E-state index contributed by atoms with van der Waals surface area (Å²) in [6, 6.07) is 10.3. The van der Waals surface area contributed by atoms with Gasteiger partial charge in [-0.3, -0.25) is 14.8 Å². The number of carbonyl (C=O) groups excluding carboxylic acids is 1. The van der Waals surface area contributed by atoms with Crippen LogP contribution in [0, 0.1) is 17.0 Å². The van der Waals surface area contributed by atoms with Gasteiger partial charge in [-0.1, -0.05) is 18.2 Å². The number of benzene rings is 2. The summed E-state index contributed by atoms with van der Waals surface area (Å²) >= 11 is 0. The second-order valence-electron chi connectivity index (χ2n) is 5.70. The van der Waals surface area contributed by atoms with Crippen LogP contribution in [0.1, 0.15) is 22.1 Å². The van der Waals surface area contributed by atoms with Crippen LogP contribution < -0.4 is 4.72 Å². The third-order valence-corrected chi connectivity index (χ3v) is 4.99. The van der Waals surface area contributed by atoms with Gasteiger partial charge in [-0.05, 0) is 18.2 Å². The molecular formula is C17H14N4O7S. The number of ether oxygens (including phenoxy) is 1. The highest BCUT2D eigenvalue weighted by atomic mass is 32.2. The van der Waals surface area contributed by atoms with Crippen LogP contribution in [-0.2, 0) is 21.4 Å². The van der Waals surface area contributed by atoms with Crippen molar-refractivity contribution in [2.45, 2.75) is 18.4 Å². The summed E-state index contributed by atoms with van der Waals surface area (Å²) < 4.78 is 37.7. The second kappa shape index (κ2) is 8.06. The molecule has 0 saturated heterocycles. The highest BCUT2D eigenvalue weighted by Gasteiger charge is 2.21. The van der Waals surface area contributed by atoms with E-state index in [2.05, 4.69) is 14.9 Å². The quantitative estimate of drug-likeness (QED) is 0.346. The Hall–Kier alpha value is -3.80. The van der Waals surface area contributed by atoms with Gasteiger partial charge in [0, 0.05) is 19.1 Å². The Kier molecular flexibility index (Phi) is 5.54. The fourth-order valence-electron chi connectivity index (χ4n) is 2.32. The van der Waals surface area contributed by atoms with Gasteiger partial charge in [0.25, 0.3) is 21.6 Å². The van der Waals surface area contributed by atoms with Gasteiger partial charge >= 0.3 is 5.97 Å². The molecule has 1 aromatic heterocycles. The molecule has 29 heavy (non-hydrogen) atoms. The highest BCUT2D eigenvalue weighted by molar-refractivity contribution is 7.92. The fraction of sp³-hybridized carbons (Fsp3) is 0.118. The molecule has 11 nitrogen and oxygen atoms in total. The second-order valence-corrected chi connectivity index (χ2v) is 7.38. The monoisotopic (exact) mass is 418 g/mol. The number of hydrogen-bond acceptors (Lipinski definition) is 9. The molecule has 0 spiro atoms. The Bertz CT molecular complexity index is 1170. The van der Waals surface area contributed by atoms with Crippen LogP contribution in [0.15, 0.2) is 57.8 Å². The molecule has 0 aliphatic carbocycles. The van der Waals surface area contributed by atoms with Crippen LogP contribution in [0.4, 0.5) is 11.4 Å². The SMILES string of the molecule is Cc1nnc(COC(=O)c2ccccc2NS(=O)(=O)c2cccc([N+](=O)[O-])c2)o1. The third-order valence-electron chi connectivity index (χ3n) is 3.62. The number of anilines is 1. The van der Waals surface area contributed by atoms with Crippen LogP contribution in [-0.4, -0.2) is 29.5 Å². The topological polar surface area (TPSA) is 155 Å². The van der Waals surface area contributed by atoms with Gasteiger partial charge in [0.05, 0.1) is 21.1 Å². The summed E-state index contributed by atoms with van der Waals surface area (Å²) in [5.41, 5.74) is -0.487. The summed E-state index contributed by atoms with van der Waals surface area (Å²) in [6.45, 7) is 1.29. The van der Waals surface area contributed by atoms with Gasteiger partial charge in [-0.25, -0.2) is 13.2 Å². The smallest absolute Gasteiger partial charge is 0.340 e. The zero-order valence-electron chi connectivity index (χ0n) is 14.9. The van der Waals surface area contributed by atoms with E-state index in [4.69, 9.17) is 9.15 Å². The number of para-hydroxylation sites is 1. The number of rotatable bonds is 7. The van der Waals surface area contributed by atoms with E-state index in [1.165, 1.54) is 42.5 Å². The van der Waals surface area contributed by atoms with Gasteiger partial charge < -0.3 is 9.15 Å². The summed E-state index contributed by atoms with van der Waals surface area (Å²) in [4.78, 5) is 22.2. The average Bonchev–Trinajstić information content (AvgIpc) is 3.11. The molecule has 1 heterocycles. The molecule has 3 aromatic rings. The summed E-state index contributed by atoms with van der Waals surface area (Å²) in [7, 11) is -4.19. The number of hydrogen-bond donors (Lipinski definition) is 1. The van der Waals surface area contributed by atoms with Gasteiger partial charge in [0.1, 0.15) is 0 Å². The molecular weight excluding hydrogens is 404 g/mol. The first-order valence-corrected chi connectivity index (χ1v) is 9.57. The van der Waals surface area contributed by atoms with E-state index < -0.39 is 20.9 Å². The molecule has 1 N–H and O–H groups in total. The minimum absolute atomic E-state index is 0.0503. The number of nitro groups is 1. The van der Waals surface area contributed by atoms with Crippen molar-refractivity contribution in [3.05, 3.63) is 76.0 Å². The Labute approximate surface area is 164 Å². The van der Waals surface area contributed by atoms with Gasteiger partial charge in [-0.15, -0.1) is 10.2 Å². The Morgan fingerprint density at radius 2 is 1.97 bits per heavy atom. The Morgan fingerprint density at radius 3 is 2.66 bits per heavy atom. The molecule has 0 aliphatic heterocycles. The number of nitrogens with one attached hydrogen (secondary N) is 1. The van der Waals surface area contributed by atoms with Crippen molar-refractivity contribution in [2.75, 3.05) is 4.72 Å². The molecule has 0 saturated carbocycles. The number of nitro benzene ring substituents is 1. The van der Waals surface area contributed by atoms with Crippen molar-refractivity contribution in [1.82, 2.24) is 10.2 Å². The maximum Gasteiger partial charge on any atom is 0.340 e. The number of non-ortho nitro benzene ring substituents is 1. The lowest BCUT2D eigenvalue weighted by atomic mass is 10.2. The first-order chi connectivity index (χ1) is 13.8. The molecule has 0 atom stereocenters. The number of esters is 1. The maximum atomic E-state index is 12.6. The number of carbonyl (C=O) groups is 1. The van der Waals surface area contributed by atoms with E-state index in [0.29, 0.717) is 5.89 Å². The van der Waals surface area contributed by atoms with Crippen molar-refractivity contribution in [3.8, 4) is 0 Å². The predicted octanol–water partition coefficient (Wildman–Crippen LogP) is 2.44. The number of sulfonamides is 1. The van der Waals surface area contributed by atoms with E-state index in [1.807, 2.05) is 0 Å². The number of aromatic nitrogens is 2. The molecule has 0 bridgehead atoms. The normalized spacial score (nSPS) is 11.1. The molecule has 0 fully saturated rings. The molecule has 12 heteroatoms. The standard InChI is InChI=1S/C17H14N4O7S/c1-11-18-19-16(28-11)10-27-17(22)14-7-2-3-8-15(14)20-29(25,26)13-6-4-5-12(9-13)21(23)24/h2-9,20H,10H2,1H3. The van der Waals surface area contributed by atoms with Gasteiger partial charge in [0.15, 0.2) is 6.61 Å². The maximum absolute atomic E-state index is 12.6. The lowest BCUT2D eigenvalue weighted by Gasteiger charge is -2.12. The van der Waals surface area contributed by atoms with Crippen LogP contribution in [0.2, 0.25) is 0 Å². The lowest BCUT2D eigenvalue weighted by molar-refractivity contribution is -0.385. The molecule has 3 rings (SSSR count). The highest BCUT2D eigenvalue weighted by Crippen LogP contribution is 2.23. The minimum Gasteiger partial charge on any atom is -0.452 e. The zero-order valence-corrected chi connectivity index (χ0v) is 15.8. The first kappa shape index (κ1) is 19.9. The zero-order chi connectivity index (χ0) is 21.0. The van der Waals surface area contributed by atoms with Crippen molar-refractivity contribution < 1.29 is 27.3 Å². The lowest BCUT2D eigenvalue weighted by Crippen LogP contribution is -2.16. The fourth-order valence-corrected chi connectivity index (χ4v) is 3.44. The van der Waals surface area contributed by atoms with E-state index in [0.717, 1.165) is 6.07 Å². The largest absolute Gasteiger partial charge is 0.452 e. The Morgan fingerprint density at radius 1 is 1.21 bits per heavy atom. The first-order valence-electron chi connectivity index (χ1n) is 8.08. The number of nitrogens with zero attached hydrogens (tertiary/aromatic N) is 3. The minimum atomic E-state index is -4.19. The molecule has 0 amide bonds. The van der Waals surface area contributed by atoms with Crippen molar-refractivity contribution >= 4 is 27.4 Å². The molecule has 0 unspecified atom stereocenters. The van der Waals surface area contributed by atoms with E-state index in [-0.39, 0.29) is 34.3 Å². The van der Waals surface area contributed by atoms with E-state index >= 15 is 0 Å². The van der Waals surface area contributed by atoms with E-state index in [9.17, 15) is 23.3 Å². The third kappa shape index (κ3) is 4.73. The van der Waals surface area contributed by atoms with Crippen molar-refractivity contribution in [1.29, 1.82) is 0 Å². The predicted molar refractivity (Wildman–Crippen MR) is 98.5 cm³/mol. The van der Waals surface area contributed by atoms with Gasteiger partial charge in [0.2, 0.25) is 5.89 Å². The average molecular weight is 418 g/mol. The van der Waals surface area contributed by atoms with Crippen LogP contribution >= 0.6 is 0 Å². The molecule has 0 radical (unpaired) electrons. The van der Waals surface area contributed by atoms with Gasteiger partial charge in [-0.2, -0.15) is 0 Å². The van der Waals surface area contributed by atoms with Crippen molar-refractivity contribution in [3.63, 3.8) is 0 Å². The van der Waals surface area contributed by atoms with Crippen LogP contribution in [0.3, 0.4) is 0 Å². The summed E-state index contributed by atoms with van der Waals surface area (Å²) in [5, 5.41) is 18.2. The molecule has 2 aromatic carbocycles.